The Morgan fingerprint density at radius 2 is 1.81 bits per heavy atom. The first-order valence-electron chi connectivity index (χ1n) is 11.5. The summed E-state index contributed by atoms with van der Waals surface area (Å²) in [6, 6.07) is 17.0. The van der Waals surface area contributed by atoms with Crippen LogP contribution in [-0.2, 0) is 17.0 Å². The van der Waals surface area contributed by atoms with Crippen LogP contribution in [0.15, 0.2) is 53.7 Å². The molecule has 2 aromatic carbocycles. The number of carbonyl (C=O) groups excluding carboxylic acids is 1. The molecule has 6 heteroatoms. The van der Waals surface area contributed by atoms with Gasteiger partial charge in [0.25, 0.3) is 0 Å². The number of hydrogen-bond donors (Lipinski definition) is 1. The number of nitrogens with one attached hydrogen (secondary N) is 1. The summed E-state index contributed by atoms with van der Waals surface area (Å²) in [4.78, 5) is 12.0. The molecule has 1 aliphatic rings. The van der Waals surface area contributed by atoms with E-state index in [9.17, 15) is 4.79 Å². The summed E-state index contributed by atoms with van der Waals surface area (Å²) in [6.45, 7) is 5.12. The fraction of sp³-hybridized carbons (Fsp3) is 0.423. The van der Waals surface area contributed by atoms with Crippen LogP contribution in [0.1, 0.15) is 54.6 Å². The third-order valence-electron chi connectivity index (χ3n) is 5.70. The molecule has 1 saturated carbocycles. The van der Waals surface area contributed by atoms with E-state index in [1.54, 1.807) is 11.8 Å². The number of benzene rings is 2. The van der Waals surface area contributed by atoms with E-state index in [2.05, 4.69) is 64.3 Å². The molecule has 1 aliphatic carbocycles. The second-order valence-corrected chi connectivity index (χ2v) is 9.75. The summed E-state index contributed by atoms with van der Waals surface area (Å²) in [7, 11) is 0. The van der Waals surface area contributed by atoms with Crippen molar-refractivity contribution in [2.75, 3.05) is 6.54 Å². The van der Waals surface area contributed by atoms with Gasteiger partial charge < -0.3 is 5.32 Å². The van der Waals surface area contributed by atoms with Crippen molar-refractivity contribution in [2.24, 2.45) is 5.92 Å². The first-order chi connectivity index (χ1) is 15.6. The quantitative estimate of drug-likeness (QED) is 0.314. The Balaban J connectivity index is 1.39. The third-order valence-corrected chi connectivity index (χ3v) is 6.70. The van der Waals surface area contributed by atoms with E-state index in [0.29, 0.717) is 6.42 Å². The van der Waals surface area contributed by atoms with E-state index in [0.717, 1.165) is 54.1 Å². The molecular weight excluding hydrogens is 416 g/mol. The van der Waals surface area contributed by atoms with Crippen molar-refractivity contribution in [1.29, 1.82) is 0 Å². The average Bonchev–Trinajstić information content (AvgIpc) is 3.52. The maximum Gasteiger partial charge on any atom is 0.220 e. The van der Waals surface area contributed by atoms with Gasteiger partial charge in [-0.1, -0.05) is 59.3 Å². The van der Waals surface area contributed by atoms with Crippen LogP contribution in [0.25, 0.3) is 5.69 Å². The van der Waals surface area contributed by atoms with Crippen molar-refractivity contribution in [3.05, 3.63) is 71.0 Å². The lowest BCUT2D eigenvalue weighted by Crippen LogP contribution is -2.25. The van der Waals surface area contributed by atoms with Gasteiger partial charge in [0.15, 0.2) is 5.16 Å². The molecule has 0 atom stereocenters. The first-order valence-corrected chi connectivity index (χ1v) is 12.5. The van der Waals surface area contributed by atoms with Gasteiger partial charge in [-0.05, 0) is 63.1 Å². The zero-order valence-corrected chi connectivity index (χ0v) is 19.8. The standard InChI is InChI=1S/C26H32N4OS/c1-19-14-20(2)16-22(15-19)18-32-26-29-28-24(30(26)23-8-4-3-5-9-23)10-6-7-11-25(31)27-17-21-12-13-21/h3-5,8-9,14-16,21H,6-7,10-13,17-18H2,1-2H3,(H,27,31). The minimum atomic E-state index is 0.172. The topological polar surface area (TPSA) is 59.8 Å². The minimum absolute atomic E-state index is 0.172. The lowest BCUT2D eigenvalue weighted by molar-refractivity contribution is -0.121. The van der Waals surface area contributed by atoms with Gasteiger partial charge >= 0.3 is 0 Å². The van der Waals surface area contributed by atoms with Crippen LogP contribution in [0.3, 0.4) is 0 Å². The molecule has 1 N–H and O–H groups in total. The van der Waals surface area contributed by atoms with Crippen molar-refractivity contribution < 1.29 is 4.79 Å². The van der Waals surface area contributed by atoms with Gasteiger partial charge in [-0.25, -0.2) is 0 Å². The number of unbranched alkanes of at least 4 members (excludes halogenated alkanes) is 1. The van der Waals surface area contributed by atoms with Crippen LogP contribution in [-0.4, -0.2) is 27.2 Å². The fourth-order valence-electron chi connectivity index (χ4n) is 3.93. The third kappa shape index (κ3) is 6.45. The maximum atomic E-state index is 12.0. The highest BCUT2D eigenvalue weighted by Gasteiger charge is 2.21. The lowest BCUT2D eigenvalue weighted by atomic mass is 10.1. The molecule has 3 aromatic rings. The second kappa shape index (κ2) is 10.8. The first kappa shape index (κ1) is 22.6. The molecule has 1 fully saturated rings. The molecule has 0 radical (unpaired) electrons. The van der Waals surface area contributed by atoms with Crippen molar-refractivity contribution in [3.8, 4) is 5.69 Å². The van der Waals surface area contributed by atoms with Gasteiger partial charge in [-0.3, -0.25) is 9.36 Å². The van der Waals surface area contributed by atoms with Gasteiger partial charge in [0.2, 0.25) is 5.91 Å². The summed E-state index contributed by atoms with van der Waals surface area (Å²) >= 11 is 1.72. The molecule has 0 aliphatic heterocycles. The molecule has 1 amide bonds. The summed E-state index contributed by atoms with van der Waals surface area (Å²) in [6.07, 6.45) is 5.70. The van der Waals surface area contributed by atoms with Crippen molar-refractivity contribution in [1.82, 2.24) is 20.1 Å². The highest BCUT2D eigenvalue weighted by atomic mass is 32.2. The van der Waals surface area contributed by atoms with E-state index >= 15 is 0 Å². The van der Waals surface area contributed by atoms with Gasteiger partial charge in [-0.2, -0.15) is 0 Å². The van der Waals surface area contributed by atoms with E-state index in [1.807, 2.05) is 18.2 Å². The van der Waals surface area contributed by atoms with Crippen molar-refractivity contribution >= 4 is 17.7 Å². The number of thioether (sulfide) groups is 1. The Hall–Kier alpha value is -2.60. The highest BCUT2D eigenvalue weighted by Crippen LogP contribution is 2.28. The molecule has 32 heavy (non-hydrogen) atoms. The predicted octanol–water partition coefficient (Wildman–Crippen LogP) is 5.42. The minimum Gasteiger partial charge on any atom is -0.356 e. The van der Waals surface area contributed by atoms with Crippen LogP contribution in [0.5, 0.6) is 0 Å². The Morgan fingerprint density at radius 1 is 1.06 bits per heavy atom. The van der Waals surface area contributed by atoms with E-state index < -0.39 is 0 Å². The highest BCUT2D eigenvalue weighted by molar-refractivity contribution is 7.98. The number of carbonyl (C=O) groups is 1. The molecule has 1 heterocycles. The zero-order chi connectivity index (χ0) is 22.3. The molecule has 0 unspecified atom stereocenters. The summed E-state index contributed by atoms with van der Waals surface area (Å²) in [5.41, 5.74) is 4.95. The number of para-hydroxylation sites is 1. The summed E-state index contributed by atoms with van der Waals surface area (Å²) in [5, 5.41) is 13.0. The van der Waals surface area contributed by atoms with Crippen LogP contribution in [0.2, 0.25) is 0 Å². The second-order valence-electron chi connectivity index (χ2n) is 8.81. The zero-order valence-electron chi connectivity index (χ0n) is 19.0. The largest absolute Gasteiger partial charge is 0.356 e. The monoisotopic (exact) mass is 448 g/mol. The molecule has 5 nitrogen and oxygen atoms in total. The summed E-state index contributed by atoms with van der Waals surface area (Å²) in [5.74, 6) is 2.71. The Labute approximate surface area is 195 Å². The maximum absolute atomic E-state index is 12.0. The predicted molar refractivity (Wildman–Crippen MR) is 130 cm³/mol. The molecule has 0 bridgehead atoms. The number of nitrogens with zero attached hydrogens (tertiary/aromatic N) is 3. The average molecular weight is 449 g/mol. The normalized spacial score (nSPS) is 13.3. The number of aryl methyl sites for hydroxylation is 3. The molecule has 0 spiro atoms. The fourth-order valence-corrected chi connectivity index (χ4v) is 4.83. The van der Waals surface area contributed by atoms with Gasteiger partial charge in [-0.15, -0.1) is 10.2 Å². The van der Waals surface area contributed by atoms with E-state index in [-0.39, 0.29) is 5.91 Å². The van der Waals surface area contributed by atoms with E-state index in [4.69, 9.17) is 0 Å². The lowest BCUT2D eigenvalue weighted by Gasteiger charge is -2.11. The number of aromatic nitrogens is 3. The number of hydrogen-bond acceptors (Lipinski definition) is 4. The van der Waals surface area contributed by atoms with Crippen LogP contribution in [0, 0.1) is 19.8 Å². The Bertz CT molecular complexity index is 1020. The molecule has 0 saturated heterocycles. The van der Waals surface area contributed by atoms with Crippen LogP contribution in [0.4, 0.5) is 0 Å². The van der Waals surface area contributed by atoms with Gasteiger partial charge in [0.05, 0.1) is 0 Å². The molecule has 1 aromatic heterocycles. The van der Waals surface area contributed by atoms with Gasteiger partial charge in [0, 0.05) is 30.8 Å². The van der Waals surface area contributed by atoms with Crippen LogP contribution >= 0.6 is 11.8 Å². The number of amides is 1. The van der Waals surface area contributed by atoms with Crippen molar-refractivity contribution in [2.45, 2.75) is 63.3 Å². The number of rotatable bonds is 11. The smallest absolute Gasteiger partial charge is 0.220 e. The van der Waals surface area contributed by atoms with E-state index in [1.165, 1.54) is 29.5 Å². The molecule has 168 valence electrons. The molecular formula is C26H32N4OS. The molecule has 4 rings (SSSR count). The van der Waals surface area contributed by atoms with Gasteiger partial charge in [0.1, 0.15) is 5.82 Å². The Kier molecular flexibility index (Phi) is 7.63. The van der Waals surface area contributed by atoms with Crippen molar-refractivity contribution in [3.63, 3.8) is 0 Å². The van der Waals surface area contributed by atoms with Crippen LogP contribution < -0.4 is 5.32 Å². The Morgan fingerprint density at radius 3 is 2.53 bits per heavy atom. The summed E-state index contributed by atoms with van der Waals surface area (Å²) < 4.78 is 2.17. The SMILES string of the molecule is Cc1cc(C)cc(CSc2nnc(CCCCC(=O)NCC3CC3)n2-c2ccccc2)c1.